The third-order valence-corrected chi connectivity index (χ3v) is 2.95. The Bertz CT molecular complexity index is 480. The third kappa shape index (κ3) is 2.95. The van der Waals surface area contributed by atoms with Crippen molar-refractivity contribution in [1.82, 2.24) is 4.48 Å². The zero-order chi connectivity index (χ0) is 12.3. The molecule has 1 heteroatoms. The summed E-state index contributed by atoms with van der Waals surface area (Å²) >= 11 is 0. The Morgan fingerprint density at radius 1 is 0.765 bits per heavy atom. The highest BCUT2D eigenvalue weighted by Crippen LogP contribution is 2.24. The van der Waals surface area contributed by atoms with Crippen molar-refractivity contribution >= 4 is 5.69 Å². The van der Waals surface area contributed by atoms with E-state index in [-0.39, 0.29) is 0 Å². The van der Waals surface area contributed by atoms with E-state index >= 15 is 0 Å². The van der Waals surface area contributed by atoms with E-state index in [2.05, 4.69) is 75.7 Å². The minimum atomic E-state index is 0.864. The summed E-state index contributed by atoms with van der Waals surface area (Å²) in [6, 6.07) is 19.3. The fraction of sp³-hybridized carbons (Fsp3) is 0.250. The summed E-state index contributed by atoms with van der Waals surface area (Å²) in [6.45, 7) is 0. The quantitative estimate of drug-likeness (QED) is 0.703. The normalized spacial score (nSPS) is 11.5. The lowest BCUT2D eigenvalue weighted by Crippen LogP contribution is -2.35. The van der Waals surface area contributed by atoms with E-state index in [4.69, 9.17) is 0 Å². The molecule has 1 nitrogen and oxygen atoms in total. The summed E-state index contributed by atoms with van der Waals surface area (Å²) in [5, 5.41) is 0. The average Bonchev–Trinajstić information content (AvgIpc) is 2.30. The van der Waals surface area contributed by atoms with Crippen molar-refractivity contribution < 1.29 is 0 Å². The first kappa shape index (κ1) is 11.9. The third-order valence-electron chi connectivity index (χ3n) is 2.95. The standard InChI is InChI=1S/C16H20N/c1-17(2,3)16-12-8-7-11-15(16)13-14-9-5-4-6-10-14/h4-12H,13H2,1-3H3/q+1. The second-order valence-corrected chi connectivity index (χ2v) is 5.30. The molecule has 88 valence electrons. The summed E-state index contributed by atoms with van der Waals surface area (Å²) in [5.74, 6) is 0. The zero-order valence-corrected chi connectivity index (χ0v) is 10.9. The van der Waals surface area contributed by atoms with Crippen molar-refractivity contribution in [2.24, 2.45) is 0 Å². The molecule has 2 rings (SSSR count). The lowest BCUT2D eigenvalue weighted by atomic mass is 10.0. The number of hydrogen-bond donors (Lipinski definition) is 0. The fourth-order valence-corrected chi connectivity index (χ4v) is 2.13. The number of benzene rings is 2. The van der Waals surface area contributed by atoms with E-state index in [1.165, 1.54) is 16.8 Å². The van der Waals surface area contributed by atoms with Crippen LogP contribution in [0.1, 0.15) is 11.1 Å². The summed E-state index contributed by atoms with van der Waals surface area (Å²) in [4.78, 5) is 0. The fourth-order valence-electron chi connectivity index (χ4n) is 2.13. The maximum absolute atomic E-state index is 2.23. The Morgan fingerprint density at radius 2 is 1.35 bits per heavy atom. The lowest BCUT2D eigenvalue weighted by Gasteiger charge is -2.26. The lowest BCUT2D eigenvalue weighted by molar-refractivity contribution is 0.483. The molecule has 0 atom stereocenters. The maximum Gasteiger partial charge on any atom is 0.135 e. The first-order valence-corrected chi connectivity index (χ1v) is 6.01. The second kappa shape index (κ2) is 4.72. The van der Waals surface area contributed by atoms with Crippen LogP contribution in [0, 0.1) is 0 Å². The number of quaternary nitrogens is 1. The molecule has 2 aromatic rings. The van der Waals surface area contributed by atoms with Gasteiger partial charge in [-0.3, -0.25) is 4.48 Å². The molecule has 0 fully saturated rings. The van der Waals surface area contributed by atoms with Gasteiger partial charge in [-0.2, -0.15) is 0 Å². The van der Waals surface area contributed by atoms with Crippen molar-refractivity contribution in [3.63, 3.8) is 0 Å². The first-order valence-electron chi connectivity index (χ1n) is 6.01. The maximum atomic E-state index is 2.23. The molecule has 0 N–H and O–H groups in total. The molecule has 0 saturated heterocycles. The highest BCUT2D eigenvalue weighted by atomic mass is 15.3. The van der Waals surface area contributed by atoms with Crippen LogP contribution in [0.4, 0.5) is 5.69 Å². The van der Waals surface area contributed by atoms with Gasteiger partial charge < -0.3 is 0 Å². The molecule has 0 amide bonds. The van der Waals surface area contributed by atoms with Crippen molar-refractivity contribution in [2.75, 3.05) is 21.1 Å². The molecule has 0 aromatic heterocycles. The van der Waals surface area contributed by atoms with Crippen LogP contribution in [-0.4, -0.2) is 21.1 Å². The van der Waals surface area contributed by atoms with Gasteiger partial charge in [-0.05, 0) is 11.6 Å². The molecule has 0 spiro atoms. The number of para-hydroxylation sites is 1. The molecule has 0 aliphatic rings. The van der Waals surface area contributed by atoms with Gasteiger partial charge in [0.05, 0.1) is 21.1 Å². The Hall–Kier alpha value is -1.60. The van der Waals surface area contributed by atoms with Gasteiger partial charge in [0, 0.05) is 12.0 Å². The minimum Gasteiger partial charge on any atom is -0.298 e. The average molecular weight is 226 g/mol. The van der Waals surface area contributed by atoms with Crippen LogP contribution in [0.5, 0.6) is 0 Å². The van der Waals surface area contributed by atoms with Crippen LogP contribution in [0.15, 0.2) is 54.6 Å². The second-order valence-electron chi connectivity index (χ2n) is 5.30. The molecule has 0 aliphatic carbocycles. The highest BCUT2D eigenvalue weighted by molar-refractivity contribution is 5.51. The molecule has 17 heavy (non-hydrogen) atoms. The van der Waals surface area contributed by atoms with Gasteiger partial charge in [0.25, 0.3) is 0 Å². The molecule has 0 heterocycles. The van der Waals surface area contributed by atoms with E-state index in [0.717, 1.165) is 10.9 Å². The predicted octanol–water partition coefficient (Wildman–Crippen LogP) is 3.47. The summed E-state index contributed by atoms with van der Waals surface area (Å²) < 4.78 is 0.864. The van der Waals surface area contributed by atoms with E-state index in [1.54, 1.807) is 0 Å². The zero-order valence-electron chi connectivity index (χ0n) is 10.9. The topological polar surface area (TPSA) is 0 Å². The van der Waals surface area contributed by atoms with Crippen molar-refractivity contribution in [1.29, 1.82) is 0 Å². The number of rotatable bonds is 3. The molecule has 2 aromatic carbocycles. The number of nitrogens with zero attached hydrogens (tertiary/aromatic N) is 1. The molecule has 0 radical (unpaired) electrons. The van der Waals surface area contributed by atoms with E-state index in [0.29, 0.717) is 0 Å². The van der Waals surface area contributed by atoms with Gasteiger partial charge in [0.1, 0.15) is 5.69 Å². The van der Waals surface area contributed by atoms with Gasteiger partial charge in [0.15, 0.2) is 0 Å². The van der Waals surface area contributed by atoms with Gasteiger partial charge in [-0.1, -0.05) is 48.5 Å². The van der Waals surface area contributed by atoms with Crippen LogP contribution in [0.2, 0.25) is 0 Å². The van der Waals surface area contributed by atoms with Crippen molar-refractivity contribution in [3.05, 3.63) is 65.7 Å². The molecular formula is C16H20N+. The minimum absolute atomic E-state index is 0.864. The Balaban J connectivity index is 2.34. The molecule has 0 bridgehead atoms. The van der Waals surface area contributed by atoms with Crippen molar-refractivity contribution in [3.8, 4) is 0 Å². The van der Waals surface area contributed by atoms with Crippen LogP contribution in [0.25, 0.3) is 0 Å². The summed E-state index contributed by atoms with van der Waals surface area (Å²) in [5.41, 5.74) is 4.16. The van der Waals surface area contributed by atoms with Gasteiger partial charge in [0.2, 0.25) is 0 Å². The highest BCUT2D eigenvalue weighted by Gasteiger charge is 2.16. The van der Waals surface area contributed by atoms with Gasteiger partial charge >= 0.3 is 0 Å². The predicted molar refractivity (Wildman–Crippen MR) is 75.3 cm³/mol. The van der Waals surface area contributed by atoms with Crippen LogP contribution < -0.4 is 4.48 Å². The summed E-state index contributed by atoms with van der Waals surface area (Å²) in [7, 11) is 6.64. The Kier molecular flexibility index (Phi) is 3.30. The monoisotopic (exact) mass is 226 g/mol. The summed E-state index contributed by atoms with van der Waals surface area (Å²) in [6.07, 6.45) is 1.01. The van der Waals surface area contributed by atoms with E-state index in [9.17, 15) is 0 Å². The number of hydrogen-bond acceptors (Lipinski definition) is 0. The Morgan fingerprint density at radius 3 is 2.00 bits per heavy atom. The Labute approximate surface area is 104 Å². The smallest absolute Gasteiger partial charge is 0.135 e. The van der Waals surface area contributed by atoms with E-state index in [1.807, 2.05) is 0 Å². The van der Waals surface area contributed by atoms with Gasteiger partial charge in [-0.25, -0.2) is 0 Å². The van der Waals surface area contributed by atoms with Crippen LogP contribution >= 0.6 is 0 Å². The molecule has 0 aliphatic heterocycles. The van der Waals surface area contributed by atoms with E-state index < -0.39 is 0 Å². The van der Waals surface area contributed by atoms with Crippen LogP contribution in [-0.2, 0) is 6.42 Å². The molecular weight excluding hydrogens is 206 g/mol. The molecule has 0 saturated carbocycles. The molecule has 0 unspecified atom stereocenters. The first-order chi connectivity index (χ1) is 8.07. The largest absolute Gasteiger partial charge is 0.298 e. The van der Waals surface area contributed by atoms with Gasteiger partial charge in [-0.15, -0.1) is 0 Å². The van der Waals surface area contributed by atoms with Crippen molar-refractivity contribution in [2.45, 2.75) is 6.42 Å². The van der Waals surface area contributed by atoms with Crippen LogP contribution in [0.3, 0.4) is 0 Å². The SMILES string of the molecule is C[N+](C)(C)c1ccccc1Cc1ccccc1.